The Morgan fingerprint density at radius 2 is 1.95 bits per heavy atom. The number of hydrogen-bond acceptors (Lipinski definition) is 1. The zero-order valence-electron chi connectivity index (χ0n) is 12.6. The number of hydrogen-bond donors (Lipinski definition) is 2. The minimum Gasteiger partial charge on any atom is -0.332 e. The molecule has 110 valence electrons. The van der Waals surface area contributed by atoms with Crippen LogP contribution >= 0.6 is 0 Å². The Morgan fingerprint density at radius 3 is 2.60 bits per heavy atom. The minimum absolute atomic E-state index is 0.0430. The summed E-state index contributed by atoms with van der Waals surface area (Å²) in [5.41, 5.74) is 2.14. The fraction of sp³-hybridized carbons (Fsp3) is 0.562. The SMILES string of the molecule is CCC[NH+]1CCN(C(=O)Nc2ccccc2CC)CC1. The molecular weight excluding hydrogens is 250 g/mol. The minimum atomic E-state index is 0.0430. The topological polar surface area (TPSA) is 36.8 Å². The number of quaternary nitrogens is 1. The summed E-state index contributed by atoms with van der Waals surface area (Å²) >= 11 is 0. The molecule has 2 N–H and O–H groups in total. The Balaban J connectivity index is 1.89. The molecule has 20 heavy (non-hydrogen) atoms. The smallest absolute Gasteiger partial charge is 0.322 e. The summed E-state index contributed by atoms with van der Waals surface area (Å²) in [5, 5.41) is 3.06. The van der Waals surface area contributed by atoms with Gasteiger partial charge in [-0.2, -0.15) is 0 Å². The Labute approximate surface area is 121 Å². The second-order valence-electron chi connectivity index (χ2n) is 5.43. The average Bonchev–Trinajstić information content (AvgIpc) is 2.49. The number of urea groups is 1. The van der Waals surface area contributed by atoms with Gasteiger partial charge in [0.05, 0.1) is 32.7 Å². The third-order valence-electron chi connectivity index (χ3n) is 4.00. The van der Waals surface area contributed by atoms with E-state index in [-0.39, 0.29) is 6.03 Å². The predicted octanol–water partition coefficient (Wildman–Crippen LogP) is 1.39. The predicted molar refractivity (Wildman–Crippen MR) is 82.3 cm³/mol. The van der Waals surface area contributed by atoms with Crippen LogP contribution in [0.5, 0.6) is 0 Å². The molecule has 1 fully saturated rings. The van der Waals surface area contributed by atoms with Crippen molar-refractivity contribution in [3.63, 3.8) is 0 Å². The lowest BCUT2D eigenvalue weighted by Gasteiger charge is -2.32. The number of nitrogens with zero attached hydrogens (tertiary/aromatic N) is 1. The molecule has 0 unspecified atom stereocenters. The number of carbonyl (C=O) groups is 1. The van der Waals surface area contributed by atoms with Gasteiger partial charge in [-0.3, -0.25) is 0 Å². The number of para-hydroxylation sites is 1. The molecule has 0 aromatic heterocycles. The molecule has 1 aliphatic rings. The third-order valence-corrected chi connectivity index (χ3v) is 4.00. The van der Waals surface area contributed by atoms with Crippen LogP contribution < -0.4 is 10.2 Å². The Bertz CT molecular complexity index is 439. The second-order valence-corrected chi connectivity index (χ2v) is 5.43. The monoisotopic (exact) mass is 276 g/mol. The normalized spacial score (nSPS) is 16.2. The van der Waals surface area contributed by atoms with Crippen molar-refractivity contribution in [3.8, 4) is 0 Å². The summed E-state index contributed by atoms with van der Waals surface area (Å²) in [6.45, 7) is 9.39. The lowest BCUT2D eigenvalue weighted by molar-refractivity contribution is -0.904. The van der Waals surface area contributed by atoms with E-state index in [0.29, 0.717) is 0 Å². The average molecular weight is 276 g/mol. The number of carbonyl (C=O) groups excluding carboxylic acids is 1. The van der Waals surface area contributed by atoms with Crippen molar-refractivity contribution >= 4 is 11.7 Å². The highest BCUT2D eigenvalue weighted by Crippen LogP contribution is 2.15. The second kappa shape index (κ2) is 7.29. The molecule has 0 spiro atoms. The van der Waals surface area contributed by atoms with Crippen molar-refractivity contribution in [3.05, 3.63) is 29.8 Å². The van der Waals surface area contributed by atoms with Gasteiger partial charge in [-0.1, -0.05) is 32.0 Å². The first kappa shape index (κ1) is 14.9. The van der Waals surface area contributed by atoms with Gasteiger partial charge in [-0.15, -0.1) is 0 Å². The van der Waals surface area contributed by atoms with Gasteiger partial charge in [0, 0.05) is 5.69 Å². The van der Waals surface area contributed by atoms with Crippen molar-refractivity contribution in [2.45, 2.75) is 26.7 Å². The highest BCUT2D eigenvalue weighted by atomic mass is 16.2. The Hall–Kier alpha value is -1.55. The quantitative estimate of drug-likeness (QED) is 0.857. The van der Waals surface area contributed by atoms with E-state index in [1.165, 1.54) is 18.5 Å². The van der Waals surface area contributed by atoms with E-state index in [0.717, 1.165) is 38.3 Å². The van der Waals surface area contributed by atoms with Crippen LogP contribution in [0.1, 0.15) is 25.8 Å². The number of nitrogens with one attached hydrogen (secondary N) is 2. The highest BCUT2D eigenvalue weighted by Gasteiger charge is 2.23. The van der Waals surface area contributed by atoms with Crippen molar-refractivity contribution in [2.75, 3.05) is 38.0 Å². The summed E-state index contributed by atoms with van der Waals surface area (Å²) in [5.74, 6) is 0. The molecule has 1 heterocycles. The molecule has 0 bridgehead atoms. The molecule has 2 rings (SSSR count). The Kier molecular flexibility index (Phi) is 5.41. The van der Waals surface area contributed by atoms with Crippen molar-refractivity contribution in [1.29, 1.82) is 0 Å². The molecule has 0 atom stereocenters. The van der Waals surface area contributed by atoms with Crippen LogP contribution in [0.4, 0.5) is 10.5 Å². The van der Waals surface area contributed by atoms with Crippen LogP contribution in [0.2, 0.25) is 0 Å². The maximum atomic E-state index is 12.3. The van der Waals surface area contributed by atoms with Crippen LogP contribution in [-0.2, 0) is 6.42 Å². The van der Waals surface area contributed by atoms with Crippen LogP contribution in [0.3, 0.4) is 0 Å². The molecule has 4 heteroatoms. The van der Waals surface area contributed by atoms with E-state index in [9.17, 15) is 4.79 Å². The number of amides is 2. The highest BCUT2D eigenvalue weighted by molar-refractivity contribution is 5.90. The van der Waals surface area contributed by atoms with Gasteiger partial charge < -0.3 is 15.1 Å². The molecule has 1 aromatic carbocycles. The number of benzene rings is 1. The van der Waals surface area contributed by atoms with Gasteiger partial charge >= 0.3 is 6.03 Å². The largest absolute Gasteiger partial charge is 0.332 e. The molecule has 0 aliphatic carbocycles. The van der Waals surface area contributed by atoms with E-state index >= 15 is 0 Å². The van der Waals surface area contributed by atoms with Gasteiger partial charge in [0.2, 0.25) is 0 Å². The standard InChI is InChI=1S/C16H25N3O/c1-3-9-18-10-12-19(13-11-18)16(20)17-15-8-6-5-7-14(15)4-2/h5-8H,3-4,9-13H2,1-2H3,(H,17,20)/p+1. The molecular formula is C16H26N3O+. The van der Waals surface area contributed by atoms with Crippen molar-refractivity contribution in [2.24, 2.45) is 0 Å². The van der Waals surface area contributed by atoms with E-state index in [4.69, 9.17) is 0 Å². The summed E-state index contributed by atoms with van der Waals surface area (Å²) in [6.07, 6.45) is 2.15. The molecule has 1 aliphatic heterocycles. The summed E-state index contributed by atoms with van der Waals surface area (Å²) in [7, 11) is 0. The maximum absolute atomic E-state index is 12.3. The Morgan fingerprint density at radius 1 is 1.25 bits per heavy atom. The first-order valence-corrected chi connectivity index (χ1v) is 7.72. The van der Waals surface area contributed by atoms with Gasteiger partial charge in [0.1, 0.15) is 0 Å². The van der Waals surface area contributed by atoms with Crippen LogP contribution in [0, 0.1) is 0 Å². The molecule has 4 nitrogen and oxygen atoms in total. The van der Waals surface area contributed by atoms with E-state index in [1.54, 1.807) is 4.90 Å². The number of piperazine rings is 1. The molecule has 2 amide bonds. The van der Waals surface area contributed by atoms with E-state index in [2.05, 4.69) is 25.2 Å². The maximum Gasteiger partial charge on any atom is 0.322 e. The van der Waals surface area contributed by atoms with Gasteiger partial charge in [-0.05, 0) is 24.5 Å². The van der Waals surface area contributed by atoms with Gasteiger partial charge in [0.15, 0.2) is 0 Å². The number of aryl methyl sites for hydroxylation is 1. The molecule has 0 saturated carbocycles. The summed E-state index contributed by atoms with van der Waals surface area (Å²) < 4.78 is 0. The summed E-state index contributed by atoms with van der Waals surface area (Å²) in [6, 6.07) is 8.08. The van der Waals surface area contributed by atoms with Crippen LogP contribution in [0.15, 0.2) is 24.3 Å². The lowest BCUT2D eigenvalue weighted by Crippen LogP contribution is -3.14. The fourth-order valence-corrected chi connectivity index (χ4v) is 2.77. The van der Waals surface area contributed by atoms with Crippen LogP contribution in [0.25, 0.3) is 0 Å². The number of rotatable bonds is 4. The zero-order chi connectivity index (χ0) is 14.4. The zero-order valence-corrected chi connectivity index (χ0v) is 12.6. The van der Waals surface area contributed by atoms with E-state index < -0.39 is 0 Å². The van der Waals surface area contributed by atoms with Crippen molar-refractivity contribution < 1.29 is 9.69 Å². The molecule has 1 aromatic rings. The van der Waals surface area contributed by atoms with Crippen LogP contribution in [-0.4, -0.2) is 43.7 Å². The first-order chi connectivity index (χ1) is 9.74. The van der Waals surface area contributed by atoms with Crippen molar-refractivity contribution in [1.82, 2.24) is 4.90 Å². The lowest BCUT2D eigenvalue weighted by atomic mass is 10.1. The summed E-state index contributed by atoms with van der Waals surface area (Å²) in [4.78, 5) is 15.9. The first-order valence-electron chi connectivity index (χ1n) is 7.72. The van der Waals surface area contributed by atoms with Gasteiger partial charge in [0.25, 0.3) is 0 Å². The van der Waals surface area contributed by atoms with Gasteiger partial charge in [-0.25, -0.2) is 4.79 Å². The molecule has 0 radical (unpaired) electrons. The molecule has 1 saturated heterocycles. The number of anilines is 1. The third kappa shape index (κ3) is 3.73. The fourth-order valence-electron chi connectivity index (χ4n) is 2.77. The van der Waals surface area contributed by atoms with E-state index in [1.807, 2.05) is 23.1 Å².